The van der Waals surface area contributed by atoms with E-state index < -0.39 is 0 Å². The van der Waals surface area contributed by atoms with Crippen LogP contribution in [0.2, 0.25) is 0 Å². The van der Waals surface area contributed by atoms with Gasteiger partial charge in [-0.25, -0.2) is 0 Å². The molecule has 19 heavy (non-hydrogen) atoms. The Labute approximate surface area is 122 Å². The molecule has 0 radical (unpaired) electrons. The fraction of sp³-hybridized carbons (Fsp3) is 0.938. The molecule has 3 atom stereocenters. The summed E-state index contributed by atoms with van der Waals surface area (Å²) in [6, 6.07) is 3.11. The molecule has 0 spiro atoms. The van der Waals surface area contributed by atoms with Crippen LogP contribution in [0.4, 0.5) is 0 Å². The van der Waals surface area contributed by atoms with Gasteiger partial charge in [-0.2, -0.15) is 17.0 Å². The molecule has 3 heteroatoms. The molecule has 2 rings (SSSR count). The minimum absolute atomic E-state index is 0.272. The van der Waals surface area contributed by atoms with E-state index in [1.165, 1.54) is 44.5 Å². The molecular weight excluding hydrogens is 252 g/mol. The minimum Gasteiger partial charge on any atom is -0.298 e. The number of rotatable bonds is 2. The van der Waals surface area contributed by atoms with Crippen LogP contribution in [0.25, 0.3) is 0 Å². The molecule has 1 saturated heterocycles. The van der Waals surface area contributed by atoms with Gasteiger partial charge in [-0.15, -0.1) is 0 Å². The normalized spacial score (nSPS) is 36.4. The molecule has 3 unspecified atom stereocenters. The fourth-order valence-corrected chi connectivity index (χ4v) is 4.64. The molecule has 2 nitrogen and oxygen atoms in total. The number of hydrogen-bond acceptors (Lipinski definition) is 3. The van der Waals surface area contributed by atoms with Crippen molar-refractivity contribution in [1.29, 1.82) is 5.26 Å². The van der Waals surface area contributed by atoms with Crippen molar-refractivity contribution in [1.82, 2.24) is 4.90 Å². The van der Waals surface area contributed by atoms with Crippen LogP contribution in [0, 0.1) is 23.2 Å². The molecule has 0 aromatic heterocycles. The average molecular weight is 280 g/mol. The predicted molar refractivity (Wildman–Crippen MR) is 83.3 cm³/mol. The van der Waals surface area contributed by atoms with Crippen molar-refractivity contribution in [3.63, 3.8) is 0 Å². The van der Waals surface area contributed by atoms with E-state index in [0.29, 0.717) is 10.8 Å². The number of thioether (sulfide) groups is 1. The second-order valence-corrected chi connectivity index (χ2v) is 8.59. The molecule has 2 aliphatic rings. The van der Waals surface area contributed by atoms with Crippen LogP contribution in [-0.2, 0) is 0 Å². The van der Waals surface area contributed by atoms with Gasteiger partial charge in [-0.05, 0) is 38.1 Å². The maximum atomic E-state index is 9.44. The van der Waals surface area contributed by atoms with E-state index in [4.69, 9.17) is 0 Å². The molecule has 1 heterocycles. The monoisotopic (exact) mass is 280 g/mol. The summed E-state index contributed by atoms with van der Waals surface area (Å²) in [5, 5.41) is 9.44. The Morgan fingerprint density at radius 2 is 2.11 bits per heavy atom. The van der Waals surface area contributed by atoms with Crippen LogP contribution in [0.15, 0.2) is 0 Å². The molecule has 1 saturated carbocycles. The van der Waals surface area contributed by atoms with Crippen molar-refractivity contribution < 1.29 is 0 Å². The second kappa shape index (κ2) is 6.50. The van der Waals surface area contributed by atoms with Gasteiger partial charge in [-0.3, -0.25) is 4.90 Å². The van der Waals surface area contributed by atoms with Gasteiger partial charge in [-0.1, -0.05) is 27.2 Å². The highest BCUT2D eigenvalue weighted by Gasteiger charge is 2.35. The van der Waals surface area contributed by atoms with Crippen molar-refractivity contribution in [3.05, 3.63) is 0 Å². The summed E-state index contributed by atoms with van der Waals surface area (Å²) in [6.07, 6.45) is 6.16. The molecular formula is C16H28N2S. The van der Waals surface area contributed by atoms with Gasteiger partial charge >= 0.3 is 0 Å². The maximum absolute atomic E-state index is 9.44. The van der Waals surface area contributed by atoms with E-state index in [-0.39, 0.29) is 5.92 Å². The topological polar surface area (TPSA) is 27.0 Å². The van der Waals surface area contributed by atoms with Crippen molar-refractivity contribution in [2.75, 3.05) is 18.8 Å². The fourth-order valence-electron chi connectivity index (χ4n) is 3.52. The molecule has 108 valence electrons. The van der Waals surface area contributed by atoms with Crippen molar-refractivity contribution in [2.45, 2.75) is 63.7 Å². The SMILES string of the molecule is CCC1CCC(C#N)C(N2CCSC(C)(C)CC2)C1. The summed E-state index contributed by atoms with van der Waals surface area (Å²) in [7, 11) is 0. The quantitative estimate of drug-likeness (QED) is 0.767. The van der Waals surface area contributed by atoms with Gasteiger partial charge in [0.15, 0.2) is 0 Å². The summed E-state index contributed by atoms with van der Waals surface area (Å²) in [5.74, 6) is 2.34. The molecule has 0 aromatic carbocycles. The van der Waals surface area contributed by atoms with Crippen LogP contribution in [0.1, 0.15) is 52.9 Å². The first kappa shape index (κ1) is 15.2. The lowest BCUT2D eigenvalue weighted by atomic mass is 9.77. The highest BCUT2D eigenvalue weighted by atomic mass is 32.2. The number of nitrogens with zero attached hydrogens (tertiary/aromatic N) is 2. The van der Waals surface area contributed by atoms with Gasteiger partial charge in [0, 0.05) is 23.1 Å². The summed E-state index contributed by atoms with van der Waals surface area (Å²) in [5.41, 5.74) is 0. The largest absolute Gasteiger partial charge is 0.298 e. The smallest absolute Gasteiger partial charge is 0.0672 e. The lowest BCUT2D eigenvalue weighted by Crippen LogP contribution is -2.45. The Hall–Kier alpha value is -0.200. The van der Waals surface area contributed by atoms with E-state index in [0.717, 1.165) is 12.3 Å². The van der Waals surface area contributed by atoms with Gasteiger partial charge in [0.1, 0.15) is 0 Å². The van der Waals surface area contributed by atoms with E-state index in [1.807, 2.05) is 0 Å². The van der Waals surface area contributed by atoms with Gasteiger partial charge in [0.05, 0.1) is 12.0 Å². The van der Waals surface area contributed by atoms with Gasteiger partial charge in [0.25, 0.3) is 0 Å². The zero-order valence-electron chi connectivity index (χ0n) is 12.7. The van der Waals surface area contributed by atoms with Gasteiger partial charge in [0.2, 0.25) is 0 Å². The zero-order chi connectivity index (χ0) is 13.9. The lowest BCUT2D eigenvalue weighted by Gasteiger charge is -2.39. The highest BCUT2D eigenvalue weighted by Crippen LogP contribution is 2.37. The molecule has 1 aliphatic heterocycles. The Balaban J connectivity index is 2.03. The third-order valence-electron chi connectivity index (χ3n) is 5.01. The lowest BCUT2D eigenvalue weighted by molar-refractivity contribution is 0.104. The zero-order valence-corrected chi connectivity index (χ0v) is 13.5. The van der Waals surface area contributed by atoms with Crippen LogP contribution in [0.3, 0.4) is 0 Å². The molecule has 0 bridgehead atoms. The first-order chi connectivity index (χ1) is 9.05. The standard InChI is InChI=1S/C16H28N2S/c1-4-13-5-6-14(12-17)15(11-13)18-8-7-16(2,3)19-10-9-18/h13-15H,4-11H2,1-3H3. The number of hydrogen-bond donors (Lipinski definition) is 0. The molecule has 1 aliphatic carbocycles. The maximum Gasteiger partial charge on any atom is 0.0672 e. The highest BCUT2D eigenvalue weighted by molar-refractivity contribution is 8.00. The van der Waals surface area contributed by atoms with Gasteiger partial charge < -0.3 is 0 Å². The van der Waals surface area contributed by atoms with Crippen LogP contribution in [0.5, 0.6) is 0 Å². The van der Waals surface area contributed by atoms with Crippen LogP contribution >= 0.6 is 11.8 Å². The Bertz CT molecular complexity index is 334. The van der Waals surface area contributed by atoms with E-state index in [1.54, 1.807) is 0 Å². The molecule has 0 N–H and O–H groups in total. The first-order valence-electron chi connectivity index (χ1n) is 7.83. The summed E-state index contributed by atoms with van der Waals surface area (Å²) >= 11 is 2.10. The van der Waals surface area contributed by atoms with E-state index in [2.05, 4.69) is 43.5 Å². The summed E-state index contributed by atoms with van der Waals surface area (Å²) in [4.78, 5) is 2.64. The minimum atomic E-state index is 0.272. The first-order valence-corrected chi connectivity index (χ1v) is 8.82. The summed E-state index contributed by atoms with van der Waals surface area (Å²) < 4.78 is 0.412. The van der Waals surface area contributed by atoms with Crippen LogP contribution < -0.4 is 0 Å². The summed E-state index contributed by atoms with van der Waals surface area (Å²) in [6.45, 7) is 9.37. The Morgan fingerprint density at radius 1 is 1.32 bits per heavy atom. The number of nitriles is 1. The average Bonchev–Trinajstić information content (AvgIpc) is 2.59. The van der Waals surface area contributed by atoms with E-state index >= 15 is 0 Å². The molecule has 2 fully saturated rings. The van der Waals surface area contributed by atoms with E-state index in [9.17, 15) is 5.26 Å². The third-order valence-corrected chi connectivity index (χ3v) is 6.38. The third kappa shape index (κ3) is 3.89. The molecule has 0 amide bonds. The van der Waals surface area contributed by atoms with Crippen LogP contribution in [-0.4, -0.2) is 34.5 Å². The second-order valence-electron chi connectivity index (χ2n) is 6.78. The molecule has 0 aromatic rings. The predicted octanol–water partition coefficient (Wildman–Crippen LogP) is 3.92. The van der Waals surface area contributed by atoms with Crippen molar-refractivity contribution in [3.8, 4) is 6.07 Å². The Kier molecular flexibility index (Phi) is 5.20. The van der Waals surface area contributed by atoms with Crippen molar-refractivity contribution >= 4 is 11.8 Å². The van der Waals surface area contributed by atoms with Crippen molar-refractivity contribution in [2.24, 2.45) is 11.8 Å². The Morgan fingerprint density at radius 3 is 2.79 bits per heavy atom.